The zero-order valence-electron chi connectivity index (χ0n) is 8.16. The summed E-state index contributed by atoms with van der Waals surface area (Å²) in [6.45, 7) is 0. The lowest BCUT2D eigenvalue weighted by atomic mass is 10.3. The molecule has 6 nitrogen and oxygen atoms in total. The van der Waals surface area contributed by atoms with Crippen LogP contribution in [-0.4, -0.2) is 24.6 Å². The topological polar surface area (TPSA) is 75.9 Å². The molecule has 1 N–H and O–H groups in total. The molecular weight excluding hydrogens is 206 g/mol. The molecule has 3 heterocycles. The Morgan fingerprint density at radius 3 is 2.75 bits per heavy atom. The van der Waals surface area contributed by atoms with Gasteiger partial charge in [0.2, 0.25) is 0 Å². The highest BCUT2D eigenvalue weighted by Crippen LogP contribution is 2.12. The van der Waals surface area contributed by atoms with Gasteiger partial charge in [0, 0.05) is 12.4 Å². The SMILES string of the molecule is O=c1[nH]nc2cccc(-c3ncccn3)n12. The van der Waals surface area contributed by atoms with Crippen LogP contribution in [0, 0.1) is 0 Å². The van der Waals surface area contributed by atoms with E-state index in [1.54, 1.807) is 36.7 Å². The molecule has 0 bridgehead atoms. The smallest absolute Gasteiger partial charge is 0.246 e. The average Bonchev–Trinajstić information content (AvgIpc) is 2.73. The third-order valence-corrected chi connectivity index (χ3v) is 2.23. The number of aromatic nitrogens is 5. The number of hydrogen-bond donors (Lipinski definition) is 1. The lowest BCUT2D eigenvalue weighted by Gasteiger charge is -2.00. The number of aromatic amines is 1. The monoisotopic (exact) mass is 213 g/mol. The minimum absolute atomic E-state index is 0.293. The summed E-state index contributed by atoms with van der Waals surface area (Å²) in [5.74, 6) is 0.497. The summed E-state index contributed by atoms with van der Waals surface area (Å²) in [7, 11) is 0. The van der Waals surface area contributed by atoms with E-state index >= 15 is 0 Å². The van der Waals surface area contributed by atoms with Crippen LogP contribution < -0.4 is 5.69 Å². The number of nitrogens with one attached hydrogen (secondary N) is 1. The van der Waals surface area contributed by atoms with Crippen LogP contribution in [0.5, 0.6) is 0 Å². The van der Waals surface area contributed by atoms with Crippen molar-refractivity contribution in [1.29, 1.82) is 0 Å². The van der Waals surface area contributed by atoms with Crippen LogP contribution in [0.1, 0.15) is 0 Å². The van der Waals surface area contributed by atoms with E-state index < -0.39 is 0 Å². The number of H-pyrrole nitrogens is 1. The van der Waals surface area contributed by atoms with Gasteiger partial charge in [-0.05, 0) is 18.2 Å². The van der Waals surface area contributed by atoms with Crippen molar-refractivity contribution in [3.8, 4) is 11.5 Å². The van der Waals surface area contributed by atoms with Crippen molar-refractivity contribution in [3.63, 3.8) is 0 Å². The van der Waals surface area contributed by atoms with E-state index in [9.17, 15) is 4.79 Å². The van der Waals surface area contributed by atoms with Gasteiger partial charge in [-0.25, -0.2) is 24.3 Å². The second kappa shape index (κ2) is 3.27. The standard InChI is InChI=1S/C10H7N5O/c16-10-14-13-8-4-1-3-7(15(8)10)9-11-5-2-6-12-9/h1-6H,(H,14,16). The van der Waals surface area contributed by atoms with Gasteiger partial charge >= 0.3 is 5.69 Å². The zero-order chi connectivity index (χ0) is 11.0. The van der Waals surface area contributed by atoms with Gasteiger partial charge in [0.1, 0.15) is 0 Å². The van der Waals surface area contributed by atoms with Gasteiger partial charge in [-0.15, -0.1) is 0 Å². The molecule has 0 unspecified atom stereocenters. The van der Waals surface area contributed by atoms with Crippen molar-refractivity contribution in [2.75, 3.05) is 0 Å². The number of hydrogen-bond acceptors (Lipinski definition) is 4. The summed E-state index contributed by atoms with van der Waals surface area (Å²) in [6, 6.07) is 7.05. The van der Waals surface area contributed by atoms with E-state index in [2.05, 4.69) is 20.2 Å². The molecule has 3 rings (SSSR count). The fraction of sp³-hybridized carbons (Fsp3) is 0. The molecule has 0 saturated carbocycles. The van der Waals surface area contributed by atoms with Crippen LogP contribution in [0.25, 0.3) is 17.2 Å². The van der Waals surface area contributed by atoms with Crippen molar-refractivity contribution in [2.24, 2.45) is 0 Å². The summed E-state index contributed by atoms with van der Waals surface area (Å²) >= 11 is 0. The predicted molar refractivity (Wildman–Crippen MR) is 56.8 cm³/mol. The molecule has 0 spiro atoms. The van der Waals surface area contributed by atoms with E-state index in [1.165, 1.54) is 4.40 Å². The summed E-state index contributed by atoms with van der Waals surface area (Å²) in [5, 5.41) is 6.26. The second-order valence-electron chi connectivity index (χ2n) is 3.21. The van der Waals surface area contributed by atoms with Gasteiger partial charge in [-0.1, -0.05) is 6.07 Å². The zero-order valence-corrected chi connectivity index (χ0v) is 8.16. The van der Waals surface area contributed by atoms with Crippen LogP contribution in [0.2, 0.25) is 0 Å². The molecule has 0 aliphatic rings. The molecule has 0 aliphatic heterocycles. The number of fused-ring (bicyclic) bond motifs is 1. The molecule has 0 atom stereocenters. The Hall–Kier alpha value is -2.50. The first-order valence-electron chi connectivity index (χ1n) is 4.70. The van der Waals surface area contributed by atoms with Crippen molar-refractivity contribution in [3.05, 3.63) is 47.1 Å². The summed E-state index contributed by atoms with van der Waals surface area (Å²) in [5.41, 5.74) is 0.879. The minimum Gasteiger partial charge on any atom is -0.246 e. The quantitative estimate of drug-likeness (QED) is 0.637. The highest BCUT2D eigenvalue weighted by molar-refractivity contribution is 5.55. The van der Waals surface area contributed by atoms with Gasteiger partial charge < -0.3 is 0 Å². The molecule has 0 saturated heterocycles. The summed E-state index contributed by atoms with van der Waals surface area (Å²) in [6.07, 6.45) is 3.26. The number of pyridine rings is 1. The fourth-order valence-corrected chi connectivity index (χ4v) is 1.56. The van der Waals surface area contributed by atoms with Crippen LogP contribution in [-0.2, 0) is 0 Å². The van der Waals surface area contributed by atoms with Crippen molar-refractivity contribution in [1.82, 2.24) is 24.6 Å². The van der Waals surface area contributed by atoms with E-state index in [4.69, 9.17) is 0 Å². The maximum absolute atomic E-state index is 11.6. The summed E-state index contributed by atoms with van der Waals surface area (Å²) in [4.78, 5) is 19.8. The Morgan fingerprint density at radius 2 is 1.94 bits per heavy atom. The molecule has 0 amide bonds. The second-order valence-corrected chi connectivity index (χ2v) is 3.21. The first kappa shape index (κ1) is 8.78. The van der Waals surface area contributed by atoms with E-state index in [1.807, 2.05) is 0 Å². The van der Waals surface area contributed by atoms with E-state index in [-0.39, 0.29) is 5.69 Å². The first-order valence-corrected chi connectivity index (χ1v) is 4.70. The molecule has 3 aromatic heterocycles. The van der Waals surface area contributed by atoms with E-state index in [0.717, 1.165) is 0 Å². The molecule has 3 aromatic rings. The maximum Gasteiger partial charge on any atom is 0.348 e. The van der Waals surface area contributed by atoms with Crippen LogP contribution >= 0.6 is 0 Å². The molecule has 78 valence electrons. The molecular formula is C10H7N5O. The predicted octanol–water partition coefficient (Wildman–Crippen LogP) is 0.480. The Kier molecular flexibility index (Phi) is 1.79. The molecule has 0 radical (unpaired) electrons. The van der Waals surface area contributed by atoms with Gasteiger partial charge in [0.05, 0.1) is 5.69 Å². The lowest BCUT2D eigenvalue weighted by Crippen LogP contribution is -2.12. The van der Waals surface area contributed by atoms with Crippen molar-refractivity contribution >= 4 is 5.65 Å². The largest absolute Gasteiger partial charge is 0.348 e. The van der Waals surface area contributed by atoms with Gasteiger partial charge in [-0.3, -0.25) is 0 Å². The molecule has 6 heteroatoms. The fourth-order valence-electron chi connectivity index (χ4n) is 1.56. The first-order chi connectivity index (χ1) is 7.86. The highest BCUT2D eigenvalue weighted by Gasteiger charge is 2.08. The van der Waals surface area contributed by atoms with Crippen molar-refractivity contribution < 1.29 is 0 Å². The third-order valence-electron chi connectivity index (χ3n) is 2.23. The highest BCUT2D eigenvalue weighted by atomic mass is 16.1. The van der Waals surface area contributed by atoms with Crippen LogP contribution in [0.4, 0.5) is 0 Å². The number of rotatable bonds is 1. The average molecular weight is 213 g/mol. The summed E-state index contributed by atoms with van der Waals surface area (Å²) < 4.78 is 1.44. The minimum atomic E-state index is -0.293. The van der Waals surface area contributed by atoms with Crippen LogP contribution in [0.3, 0.4) is 0 Å². The molecule has 0 aromatic carbocycles. The normalized spacial score (nSPS) is 10.8. The third kappa shape index (κ3) is 1.20. The van der Waals surface area contributed by atoms with Crippen LogP contribution in [0.15, 0.2) is 41.5 Å². The Balaban J connectivity index is 2.40. The van der Waals surface area contributed by atoms with Gasteiger partial charge in [-0.2, -0.15) is 5.10 Å². The van der Waals surface area contributed by atoms with E-state index in [0.29, 0.717) is 17.2 Å². The maximum atomic E-state index is 11.6. The molecule has 0 fully saturated rings. The number of nitrogens with zero attached hydrogens (tertiary/aromatic N) is 4. The van der Waals surface area contributed by atoms with Gasteiger partial charge in [0.25, 0.3) is 0 Å². The van der Waals surface area contributed by atoms with Crippen molar-refractivity contribution in [2.45, 2.75) is 0 Å². The molecule has 0 aliphatic carbocycles. The Morgan fingerprint density at radius 1 is 1.12 bits per heavy atom. The molecule has 16 heavy (non-hydrogen) atoms. The Labute approximate surface area is 89.6 Å². The van der Waals surface area contributed by atoms with Gasteiger partial charge in [0.15, 0.2) is 11.5 Å². The Bertz CT molecular complexity index is 685. The lowest BCUT2D eigenvalue weighted by molar-refractivity contribution is 1.01.